The Bertz CT molecular complexity index is 955. The van der Waals surface area contributed by atoms with E-state index in [1.807, 2.05) is 12.1 Å². The molecule has 0 bridgehead atoms. The maximum Gasteiger partial charge on any atom is 0.412 e. The molecule has 0 saturated heterocycles. The topological polar surface area (TPSA) is 116 Å². The molecule has 2 aromatic carbocycles. The number of nitrogens with one attached hydrogen (secondary N) is 1. The molecule has 8 nitrogen and oxygen atoms in total. The Labute approximate surface area is 190 Å². The first kappa shape index (κ1) is 23.7. The van der Waals surface area contributed by atoms with Crippen molar-refractivity contribution in [2.24, 2.45) is 5.92 Å². The van der Waals surface area contributed by atoms with Crippen LogP contribution in [-0.2, 0) is 16.1 Å². The van der Waals surface area contributed by atoms with Gasteiger partial charge in [-0.3, -0.25) is 8.86 Å². The number of ether oxygens (including phenoxy) is 1. The molecule has 0 aromatic heterocycles. The van der Waals surface area contributed by atoms with Crippen LogP contribution in [-0.4, -0.2) is 38.0 Å². The molecule has 3 N–H and O–H groups in total. The first-order valence-electron chi connectivity index (χ1n) is 10.6. The molecule has 1 saturated carbocycles. The van der Waals surface area contributed by atoms with Gasteiger partial charge in [0.15, 0.2) is 0 Å². The second kappa shape index (κ2) is 10.6. The summed E-state index contributed by atoms with van der Waals surface area (Å²) in [6.45, 7) is 3.37. The third kappa shape index (κ3) is 5.86. The van der Waals surface area contributed by atoms with Crippen LogP contribution in [0.25, 0.3) is 11.1 Å². The van der Waals surface area contributed by atoms with Crippen LogP contribution < -0.4 is 14.4 Å². The summed E-state index contributed by atoms with van der Waals surface area (Å²) in [7, 11) is 0. The number of nitrogens with zero attached hydrogens (tertiary/aromatic N) is 1. The van der Waals surface area contributed by atoms with Gasteiger partial charge in [0, 0.05) is 6.04 Å². The molecule has 172 valence electrons. The second-order valence-corrected chi connectivity index (χ2v) is 9.02. The maximum absolute atomic E-state index is 12.0. The first-order valence-corrected chi connectivity index (χ1v) is 11.6. The van der Waals surface area contributed by atoms with Gasteiger partial charge in [0.25, 0.3) is 11.3 Å². The minimum absolute atomic E-state index is 0.185. The minimum atomic E-state index is -2.49. The number of rotatable bonds is 8. The van der Waals surface area contributed by atoms with Crippen LogP contribution in [0, 0.1) is 5.92 Å². The lowest BCUT2D eigenvalue weighted by Gasteiger charge is -2.29. The Morgan fingerprint density at radius 3 is 2.03 bits per heavy atom. The third-order valence-electron chi connectivity index (χ3n) is 5.50. The monoisotopic (exact) mass is 460 g/mol. The van der Waals surface area contributed by atoms with Crippen LogP contribution in [0.2, 0.25) is 0 Å². The van der Waals surface area contributed by atoms with E-state index in [0.717, 1.165) is 41.1 Å². The van der Waals surface area contributed by atoms with Crippen LogP contribution in [0.3, 0.4) is 0 Å². The van der Waals surface area contributed by atoms with Crippen LogP contribution in [0.1, 0.15) is 39.5 Å². The molecule has 1 aliphatic rings. The van der Waals surface area contributed by atoms with E-state index in [9.17, 15) is 23.5 Å². The van der Waals surface area contributed by atoms with Crippen molar-refractivity contribution in [2.75, 3.05) is 4.31 Å². The van der Waals surface area contributed by atoms with E-state index >= 15 is 0 Å². The van der Waals surface area contributed by atoms with Gasteiger partial charge in [-0.1, -0.05) is 51.0 Å². The first-order chi connectivity index (χ1) is 15.3. The van der Waals surface area contributed by atoms with Crippen LogP contribution >= 0.6 is 0 Å². The highest BCUT2D eigenvalue weighted by molar-refractivity contribution is 7.80. The van der Waals surface area contributed by atoms with E-state index in [-0.39, 0.29) is 12.0 Å². The number of hydrogen-bond acceptors (Lipinski definition) is 4. The van der Waals surface area contributed by atoms with Gasteiger partial charge < -0.3 is 15.2 Å². The van der Waals surface area contributed by atoms with Gasteiger partial charge >= 0.3 is 12.1 Å². The number of hydrogen-bond donors (Lipinski definition) is 3. The minimum Gasteiger partial charge on any atom is -0.480 e. The SMILES string of the molecule is CC(C)C(C(=O)O)N(c1ccc(-c2ccc(OC(=O)NC3CCCC3)cc2)cc1)S(=O)O. The summed E-state index contributed by atoms with van der Waals surface area (Å²) >= 11 is -2.49. The van der Waals surface area contributed by atoms with Gasteiger partial charge in [0.05, 0.1) is 5.69 Å². The largest absolute Gasteiger partial charge is 0.480 e. The highest BCUT2D eigenvalue weighted by Gasteiger charge is 2.32. The molecule has 0 radical (unpaired) electrons. The molecule has 1 fully saturated rings. The van der Waals surface area contributed by atoms with Gasteiger partial charge in [-0.05, 0) is 54.2 Å². The molecule has 0 heterocycles. The second-order valence-electron chi connectivity index (χ2n) is 8.17. The van der Waals surface area contributed by atoms with Crippen molar-refractivity contribution in [1.29, 1.82) is 0 Å². The summed E-state index contributed by atoms with van der Waals surface area (Å²) in [6, 6.07) is 12.8. The zero-order chi connectivity index (χ0) is 23.3. The summed E-state index contributed by atoms with van der Waals surface area (Å²) in [6.07, 6.45) is 3.76. The number of carbonyl (C=O) groups excluding carboxylic acids is 1. The number of benzene rings is 2. The molecule has 2 unspecified atom stereocenters. The Hall–Kier alpha value is -2.91. The highest BCUT2D eigenvalue weighted by Crippen LogP contribution is 2.28. The highest BCUT2D eigenvalue weighted by atomic mass is 32.2. The van der Waals surface area contributed by atoms with Gasteiger partial charge in [-0.15, -0.1) is 0 Å². The molecule has 1 amide bonds. The van der Waals surface area contributed by atoms with E-state index < -0.39 is 29.4 Å². The zero-order valence-corrected chi connectivity index (χ0v) is 18.9. The zero-order valence-electron chi connectivity index (χ0n) is 18.1. The molecule has 2 atom stereocenters. The van der Waals surface area contributed by atoms with E-state index in [0.29, 0.717) is 11.4 Å². The molecule has 9 heteroatoms. The Morgan fingerprint density at radius 1 is 1.03 bits per heavy atom. The standard InChI is InChI=1S/C23H28N2O6S/c1-15(2)21(22(26)27)25(32(29)30)19-11-7-16(8-12-19)17-9-13-20(14-10-17)31-23(28)24-18-5-3-4-6-18/h7-15,18,21H,3-6H2,1-2H3,(H,24,28)(H,26,27)(H,29,30). The van der Waals surface area contributed by atoms with Crippen LogP contribution in [0.15, 0.2) is 48.5 Å². The summed E-state index contributed by atoms with van der Waals surface area (Å²) in [5, 5.41) is 12.4. The molecule has 2 aromatic rings. The average molecular weight is 461 g/mol. The Balaban J connectivity index is 1.70. The number of carbonyl (C=O) groups is 2. The van der Waals surface area contributed by atoms with Crippen molar-refractivity contribution in [3.8, 4) is 16.9 Å². The predicted octanol–water partition coefficient (Wildman–Crippen LogP) is 4.44. The number of aliphatic carboxylic acids is 1. The lowest BCUT2D eigenvalue weighted by molar-refractivity contribution is -0.139. The van der Waals surface area contributed by atoms with E-state index in [2.05, 4.69) is 5.32 Å². The van der Waals surface area contributed by atoms with Gasteiger partial charge in [-0.25, -0.2) is 13.8 Å². The molecule has 1 aliphatic carbocycles. The van der Waals surface area contributed by atoms with E-state index in [1.165, 1.54) is 0 Å². The number of carboxylic acid groups (broad SMARTS) is 1. The van der Waals surface area contributed by atoms with Crippen LogP contribution in [0.5, 0.6) is 5.75 Å². The Morgan fingerprint density at radius 2 is 1.56 bits per heavy atom. The van der Waals surface area contributed by atoms with Crippen molar-refractivity contribution in [3.63, 3.8) is 0 Å². The van der Waals surface area contributed by atoms with Crippen molar-refractivity contribution < 1.29 is 28.2 Å². The number of amides is 1. The van der Waals surface area contributed by atoms with Crippen LogP contribution in [0.4, 0.5) is 10.5 Å². The molecule has 0 spiro atoms. The summed E-state index contributed by atoms with van der Waals surface area (Å²) < 4.78 is 27.9. The van der Waals surface area contributed by atoms with Crippen molar-refractivity contribution in [2.45, 2.75) is 51.6 Å². The van der Waals surface area contributed by atoms with Crippen molar-refractivity contribution >= 4 is 29.0 Å². The fraction of sp³-hybridized carbons (Fsp3) is 0.391. The third-order valence-corrected chi connectivity index (χ3v) is 6.28. The van der Waals surface area contributed by atoms with E-state index in [4.69, 9.17) is 4.74 Å². The Kier molecular flexibility index (Phi) is 7.87. The molecule has 0 aliphatic heterocycles. The van der Waals surface area contributed by atoms with Crippen molar-refractivity contribution in [1.82, 2.24) is 5.32 Å². The maximum atomic E-state index is 12.0. The fourth-order valence-corrected chi connectivity index (χ4v) is 4.72. The van der Waals surface area contributed by atoms with Gasteiger partial charge in [0.1, 0.15) is 11.8 Å². The van der Waals surface area contributed by atoms with Crippen molar-refractivity contribution in [3.05, 3.63) is 48.5 Å². The molecular weight excluding hydrogens is 432 g/mol. The molecule has 32 heavy (non-hydrogen) atoms. The molecule has 3 rings (SSSR count). The smallest absolute Gasteiger partial charge is 0.412 e. The number of anilines is 1. The number of carboxylic acids is 1. The predicted molar refractivity (Wildman–Crippen MR) is 123 cm³/mol. The lowest BCUT2D eigenvalue weighted by Crippen LogP contribution is -2.45. The summed E-state index contributed by atoms with van der Waals surface area (Å²) in [5.74, 6) is -1.11. The lowest BCUT2D eigenvalue weighted by atomic mass is 10.0. The van der Waals surface area contributed by atoms with E-state index in [1.54, 1.807) is 50.2 Å². The quantitative estimate of drug-likeness (QED) is 0.502. The molecular formula is C23H28N2O6S. The van der Waals surface area contributed by atoms with Gasteiger partial charge in [0.2, 0.25) is 0 Å². The summed E-state index contributed by atoms with van der Waals surface area (Å²) in [5.41, 5.74) is 2.02. The fourth-order valence-electron chi connectivity index (χ4n) is 3.89. The normalized spacial score (nSPS) is 15.9. The van der Waals surface area contributed by atoms with Gasteiger partial charge in [-0.2, -0.15) is 0 Å². The average Bonchev–Trinajstić information content (AvgIpc) is 3.24. The summed E-state index contributed by atoms with van der Waals surface area (Å²) in [4.78, 5) is 23.6.